The number of aliphatic hydroxyl groups is 2. The Hall–Kier alpha value is -3.56. The van der Waals surface area contributed by atoms with Crippen molar-refractivity contribution >= 4 is 17.3 Å². The molecule has 3 aromatic rings. The van der Waals surface area contributed by atoms with Crippen molar-refractivity contribution in [3.8, 4) is 6.07 Å². The third kappa shape index (κ3) is 3.65. The lowest BCUT2D eigenvalue weighted by atomic mass is 9.92. The van der Waals surface area contributed by atoms with Gasteiger partial charge in [0.05, 0.1) is 5.69 Å². The smallest absolute Gasteiger partial charge is 0.323 e. The van der Waals surface area contributed by atoms with Gasteiger partial charge in [-0.05, 0) is 24.1 Å². The molecule has 0 amide bonds. The molecule has 166 valence electrons. The molecule has 32 heavy (non-hydrogen) atoms. The van der Waals surface area contributed by atoms with Gasteiger partial charge in [-0.2, -0.15) is 10.4 Å². The quantitative estimate of drug-likeness (QED) is 0.358. The van der Waals surface area contributed by atoms with E-state index in [1.54, 1.807) is 6.07 Å². The van der Waals surface area contributed by atoms with Crippen LogP contribution in [0.25, 0.3) is 5.52 Å². The summed E-state index contributed by atoms with van der Waals surface area (Å²) in [5.74, 6) is -0.521. The number of nitrogens with two attached hydrogens (primary N) is 2. The summed E-state index contributed by atoms with van der Waals surface area (Å²) in [6.07, 6.45) is -2.83. The summed E-state index contributed by atoms with van der Waals surface area (Å²) in [5.41, 5.74) is 11.2. The van der Waals surface area contributed by atoms with Crippen LogP contribution in [0.15, 0.2) is 48.8 Å². The maximum Gasteiger partial charge on any atom is 0.323 e. The number of aromatic nitrogens is 3. The number of anilines is 1. The zero-order valence-electron chi connectivity index (χ0n) is 16.9. The number of fused-ring (bicyclic) bond motifs is 1. The van der Waals surface area contributed by atoms with Crippen molar-refractivity contribution in [1.82, 2.24) is 14.6 Å². The Labute approximate surface area is 182 Å². The minimum Gasteiger partial charge on any atom is -0.462 e. The van der Waals surface area contributed by atoms with Crippen LogP contribution >= 0.6 is 0 Å². The van der Waals surface area contributed by atoms with E-state index in [1.807, 2.05) is 36.4 Å². The van der Waals surface area contributed by atoms with Crippen molar-refractivity contribution in [2.24, 2.45) is 5.73 Å². The number of benzene rings is 1. The number of esters is 1. The van der Waals surface area contributed by atoms with Gasteiger partial charge in [0.25, 0.3) is 0 Å². The molecule has 1 aliphatic heterocycles. The van der Waals surface area contributed by atoms with Gasteiger partial charge in [0.15, 0.2) is 5.82 Å². The molecule has 0 aliphatic carbocycles. The predicted octanol–water partition coefficient (Wildman–Crippen LogP) is -0.736. The summed E-state index contributed by atoms with van der Waals surface area (Å²) >= 11 is 0. The van der Waals surface area contributed by atoms with E-state index in [4.69, 9.17) is 20.9 Å². The first-order valence-corrected chi connectivity index (χ1v) is 9.87. The van der Waals surface area contributed by atoms with Gasteiger partial charge in [-0.1, -0.05) is 30.3 Å². The van der Waals surface area contributed by atoms with Crippen molar-refractivity contribution in [3.05, 3.63) is 60.0 Å². The van der Waals surface area contributed by atoms with Gasteiger partial charge in [0, 0.05) is 0 Å². The number of ether oxygens (including phenoxy) is 2. The Morgan fingerprint density at radius 2 is 2.06 bits per heavy atom. The van der Waals surface area contributed by atoms with Gasteiger partial charge in [0.2, 0.25) is 5.60 Å². The molecular weight excluding hydrogens is 416 g/mol. The predicted molar refractivity (Wildman–Crippen MR) is 111 cm³/mol. The van der Waals surface area contributed by atoms with Gasteiger partial charge in [-0.3, -0.25) is 4.79 Å². The molecule has 3 heterocycles. The largest absolute Gasteiger partial charge is 0.462 e. The number of hydrogen-bond acceptors (Lipinski definition) is 10. The van der Waals surface area contributed by atoms with Crippen LogP contribution in [0, 0.1) is 11.3 Å². The topological polar surface area (TPSA) is 182 Å². The monoisotopic (exact) mass is 438 g/mol. The Morgan fingerprint density at radius 1 is 1.31 bits per heavy atom. The molecule has 1 aromatic carbocycles. The van der Waals surface area contributed by atoms with Crippen molar-refractivity contribution in [3.63, 3.8) is 0 Å². The number of nitriles is 1. The van der Waals surface area contributed by atoms with Gasteiger partial charge in [-0.15, -0.1) is 0 Å². The molecule has 1 fully saturated rings. The summed E-state index contributed by atoms with van der Waals surface area (Å²) < 4.78 is 12.3. The lowest BCUT2D eigenvalue weighted by Crippen LogP contribution is -2.41. The first kappa shape index (κ1) is 21.7. The maximum absolute atomic E-state index is 12.3. The normalized spacial score (nSPS) is 26.0. The minimum absolute atomic E-state index is 0.158. The van der Waals surface area contributed by atoms with Crippen molar-refractivity contribution in [2.75, 3.05) is 12.3 Å². The van der Waals surface area contributed by atoms with E-state index in [2.05, 4.69) is 10.1 Å². The molecule has 0 unspecified atom stereocenters. The Balaban J connectivity index is 1.49. The molecule has 4 rings (SSSR count). The van der Waals surface area contributed by atoms with Gasteiger partial charge < -0.3 is 31.2 Å². The van der Waals surface area contributed by atoms with Crippen LogP contribution < -0.4 is 11.5 Å². The molecule has 11 nitrogen and oxygen atoms in total. The fourth-order valence-electron chi connectivity index (χ4n) is 3.77. The third-order valence-corrected chi connectivity index (χ3v) is 5.48. The zero-order chi connectivity index (χ0) is 22.9. The summed E-state index contributed by atoms with van der Waals surface area (Å²) in [6.45, 7) is -0.399. The average molecular weight is 438 g/mol. The molecule has 6 N–H and O–H groups in total. The van der Waals surface area contributed by atoms with E-state index >= 15 is 0 Å². The molecule has 0 radical (unpaired) electrons. The number of nitrogen functional groups attached to an aromatic ring is 1. The Bertz CT molecular complexity index is 1160. The van der Waals surface area contributed by atoms with Crippen molar-refractivity contribution < 1.29 is 24.5 Å². The van der Waals surface area contributed by atoms with Crippen LogP contribution in [-0.4, -0.2) is 61.7 Å². The van der Waals surface area contributed by atoms with E-state index in [1.165, 1.54) is 16.9 Å². The molecule has 0 bridgehead atoms. The highest BCUT2D eigenvalue weighted by molar-refractivity contribution is 5.76. The summed E-state index contributed by atoms with van der Waals surface area (Å²) in [6, 6.07) is 13.3. The fraction of sp³-hybridized carbons (Fsp3) is 0.333. The molecule has 1 aliphatic rings. The van der Waals surface area contributed by atoms with E-state index in [9.17, 15) is 20.3 Å². The standard InChI is InChI=1S/C21H22N6O5/c22-10-21(16-7-6-14-19(24)25-11-26-27(14)16)18(29)17(28)15(32-21)9-31-20(30)13(23)8-12-4-2-1-3-5-12/h1-7,11,13,15,17-18,28-29H,8-9,23H2,(H2,24,25,26)/t13-,15-,17-,18-,21+/m1/s1. The lowest BCUT2D eigenvalue weighted by molar-refractivity contribution is -0.152. The summed E-state index contributed by atoms with van der Waals surface area (Å²) in [7, 11) is 0. The van der Waals surface area contributed by atoms with Gasteiger partial charge >= 0.3 is 5.97 Å². The van der Waals surface area contributed by atoms with Crippen molar-refractivity contribution in [1.29, 1.82) is 5.26 Å². The number of nitrogens with zero attached hydrogens (tertiary/aromatic N) is 4. The Morgan fingerprint density at radius 3 is 2.78 bits per heavy atom. The number of carbonyl (C=O) groups excluding carboxylic acids is 1. The lowest BCUT2D eigenvalue weighted by Gasteiger charge is -2.24. The average Bonchev–Trinajstić information content (AvgIpc) is 3.34. The van der Waals surface area contributed by atoms with E-state index < -0.39 is 42.5 Å². The highest BCUT2D eigenvalue weighted by Gasteiger charge is 2.57. The molecule has 0 saturated carbocycles. The molecule has 2 aromatic heterocycles. The SMILES string of the molecule is N#C[C@@]1(c2ccc3c(N)ncnn23)O[C@H](COC(=O)[C@H](N)Cc2ccccc2)[C@@H](O)[C@H]1O. The van der Waals surface area contributed by atoms with Crippen LogP contribution in [0.1, 0.15) is 11.3 Å². The van der Waals surface area contributed by atoms with Crippen LogP contribution in [0.4, 0.5) is 5.82 Å². The zero-order valence-corrected chi connectivity index (χ0v) is 16.9. The molecule has 0 spiro atoms. The Kier molecular flexibility index (Phi) is 5.77. The second-order valence-corrected chi connectivity index (χ2v) is 7.53. The molecule has 11 heteroatoms. The minimum atomic E-state index is -1.96. The number of aliphatic hydroxyl groups excluding tert-OH is 2. The first-order chi connectivity index (χ1) is 15.4. The number of rotatable bonds is 6. The highest BCUT2D eigenvalue weighted by atomic mass is 16.6. The molecule has 1 saturated heterocycles. The summed E-state index contributed by atoms with van der Waals surface area (Å²) in [5, 5.41) is 35.2. The van der Waals surface area contributed by atoms with E-state index in [-0.39, 0.29) is 17.9 Å². The maximum atomic E-state index is 12.3. The van der Waals surface area contributed by atoms with Crippen LogP contribution in [0.2, 0.25) is 0 Å². The van der Waals surface area contributed by atoms with E-state index in [0.29, 0.717) is 5.52 Å². The second kappa shape index (κ2) is 8.52. The van der Waals surface area contributed by atoms with Crippen molar-refractivity contribution in [2.45, 2.75) is 36.4 Å². The van der Waals surface area contributed by atoms with Gasteiger partial charge in [-0.25, -0.2) is 9.50 Å². The van der Waals surface area contributed by atoms with E-state index in [0.717, 1.165) is 5.56 Å². The van der Waals surface area contributed by atoms with Crippen LogP contribution in [-0.2, 0) is 26.3 Å². The van der Waals surface area contributed by atoms with Crippen LogP contribution in [0.3, 0.4) is 0 Å². The molecular formula is C21H22N6O5. The highest BCUT2D eigenvalue weighted by Crippen LogP contribution is 2.40. The van der Waals surface area contributed by atoms with Crippen LogP contribution in [0.5, 0.6) is 0 Å². The molecule has 5 atom stereocenters. The summed E-state index contributed by atoms with van der Waals surface area (Å²) in [4.78, 5) is 16.2. The fourth-order valence-corrected chi connectivity index (χ4v) is 3.77. The number of carbonyl (C=O) groups is 1. The second-order valence-electron chi connectivity index (χ2n) is 7.53. The van der Waals surface area contributed by atoms with Gasteiger partial charge in [0.1, 0.15) is 48.9 Å². The third-order valence-electron chi connectivity index (χ3n) is 5.48. The first-order valence-electron chi connectivity index (χ1n) is 9.87. The number of hydrogen-bond donors (Lipinski definition) is 4.